The predicted molar refractivity (Wildman–Crippen MR) is 181 cm³/mol. The Labute approximate surface area is 275 Å². The summed E-state index contributed by atoms with van der Waals surface area (Å²) in [4.78, 5) is 29.9. The van der Waals surface area contributed by atoms with E-state index in [-0.39, 0.29) is 45.5 Å². The largest absolute Gasteiger partial charge is 0.352 e. The van der Waals surface area contributed by atoms with Crippen molar-refractivity contribution >= 4 is 50.7 Å². The first kappa shape index (κ1) is 34.0. The molecule has 0 aliphatic heterocycles. The molecule has 0 fully saturated rings. The molecular weight excluding hydrogens is 629 g/mol. The lowest BCUT2D eigenvalue weighted by atomic mass is 10.0. The van der Waals surface area contributed by atoms with Gasteiger partial charge in [-0.3, -0.25) is 13.9 Å². The number of hydrogen-bond acceptors (Lipinski definition) is 4. The van der Waals surface area contributed by atoms with E-state index in [0.29, 0.717) is 6.42 Å². The molecule has 0 saturated heterocycles. The number of nitrogens with zero attached hydrogens (tertiary/aromatic N) is 2. The molecule has 10 heteroatoms. The third kappa shape index (κ3) is 8.66. The van der Waals surface area contributed by atoms with Crippen LogP contribution in [0.3, 0.4) is 0 Å². The van der Waals surface area contributed by atoms with E-state index in [1.54, 1.807) is 30.3 Å². The van der Waals surface area contributed by atoms with Crippen molar-refractivity contribution in [2.45, 2.75) is 57.1 Å². The molecule has 0 aliphatic carbocycles. The van der Waals surface area contributed by atoms with E-state index in [9.17, 15) is 18.0 Å². The third-order valence-corrected chi connectivity index (χ3v) is 10.1. The standard InChI is InChI=1S/C35H37Cl2N3O4S/c1-4-26(3)38-35(42)32(22-27-12-7-5-8-13-27)39(23-28-20-18-25(2)19-21-28)33(41)24-40(31-17-11-16-30(36)34(31)37)45(43,44)29-14-9-6-10-15-29/h5-21,26,32H,4,22-24H2,1-3H3,(H,38,42)/t26-,32-/m1/s1. The summed E-state index contributed by atoms with van der Waals surface area (Å²) < 4.78 is 29.2. The molecule has 0 aromatic heterocycles. The van der Waals surface area contributed by atoms with Crippen molar-refractivity contribution in [3.63, 3.8) is 0 Å². The number of aryl methyl sites for hydroxylation is 1. The van der Waals surface area contributed by atoms with Crippen molar-refractivity contribution in [3.8, 4) is 0 Å². The minimum atomic E-state index is -4.29. The fraction of sp³-hybridized carbons (Fsp3) is 0.257. The van der Waals surface area contributed by atoms with Crippen LogP contribution in [0.2, 0.25) is 10.0 Å². The minimum absolute atomic E-state index is 0.00749. The van der Waals surface area contributed by atoms with E-state index < -0.39 is 28.5 Å². The van der Waals surface area contributed by atoms with E-state index in [1.807, 2.05) is 75.4 Å². The summed E-state index contributed by atoms with van der Waals surface area (Å²) in [6.45, 7) is 5.29. The molecule has 7 nitrogen and oxygen atoms in total. The highest BCUT2D eigenvalue weighted by atomic mass is 35.5. The van der Waals surface area contributed by atoms with Crippen LogP contribution in [0.5, 0.6) is 0 Å². The Morgan fingerprint density at radius 2 is 1.44 bits per heavy atom. The second-order valence-corrected chi connectivity index (χ2v) is 13.6. The number of nitrogens with one attached hydrogen (secondary N) is 1. The lowest BCUT2D eigenvalue weighted by Gasteiger charge is -2.34. The molecule has 0 aliphatic rings. The van der Waals surface area contributed by atoms with Crippen LogP contribution in [0.4, 0.5) is 5.69 Å². The first-order chi connectivity index (χ1) is 21.5. The normalized spacial score (nSPS) is 12.6. The predicted octanol–water partition coefficient (Wildman–Crippen LogP) is 7.05. The van der Waals surface area contributed by atoms with E-state index in [1.165, 1.54) is 23.1 Å². The summed E-state index contributed by atoms with van der Waals surface area (Å²) in [5.74, 6) is -0.904. The van der Waals surface area contributed by atoms with Crippen molar-refractivity contribution in [1.29, 1.82) is 0 Å². The zero-order chi connectivity index (χ0) is 32.6. The number of halogens is 2. The van der Waals surface area contributed by atoms with Crippen LogP contribution in [0.1, 0.15) is 37.0 Å². The van der Waals surface area contributed by atoms with Crippen molar-refractivity contribution in [2.24, 2.45) is 0 Å². The quantitative estimate of drug-likeness (QED) is 0.166. The van der Waals surface area contributed by atoms with Gasteiger partial charge in [-0.2, -0.15) is 0 Å². The number of anilines is 1. The van der Waals surface area contributed by atoms with Gasteiger partial charge in [0.1, 0.15) is 12.6 Å². The number of amides is 2. The number of benzene rings is 4. The smallest absolute Gasteiger partial charge is 0.264 e. The summed E-state index contributed by atoms with van der Waals surface area (Å²) in [6, 6.07) is 28.4. The van der Waals surface area contributed by atoms with E-state index in [4.69, 9.17) is 23.2 Å². The number of carbonyl (C=O) groups is 2. The maximum atomic E-state index is 14.5. The van der Waals surface area contributed by atoms with Crippen molar-refractivity contribution in [1.82, 2.24) is 10.2 Å². The zero-order valence-electron chi connectivity index (χ0n) is 25.5. The Morgan fingerprint density at radius 3 is 2.07 bits per heavy atom. The monoisotopic (exact) mass is 665 g/mol. The SMILES string of the molecule is CC[C@@H](C)NC(=O)[C@@H](Cc1ccccc1)N(Cc1ccc(C)cc1)C(=O)CN(c1cccc(Cl)c1Cl)S(=O)(=O)c1ccccc1. The van der Waals surface area contributed by atoms with Gasteiger partial charge in [0, 0.05) is 19.0 Å². The van der Waals surface area contributed by atoms with Crippen LogP contribution < -0.4 is 9.62 Å². The number of sulfonamides is 1. The fourth-order valence-electron chi connectivity index (χ4n) is 4.80. The molecule has 4 aromatic carbocycles. The molecule has 0 unspecified atom stereocenters. The van der Waals surface area contributed by atoms with E-state index >= 15 is 0 Å². The Balaban J connectivity index is 1.83. The Morgan fingerprint density at radius 1 is 0.822 bits per heavy atom. The lowest BCUT2D eigenvalue weighted by Crippen LogP contribution is -2.54. The Kier molecular flexibility index (Phi) is 11.7. The molecule has 45 heavy (non-hydrogen) atoms. The van der Waals surface area contributed by atoms with Crippen LogP contribution in [-0.2, 0) is 32.6 Å². The van der Waals surface area contributed by atoms with Crippen molar-refractivity contribution in [2.75, 3.05) is 10.8 Å². The molecule has 0 bridgehead atoms. The minimum Gasteiger partial charge on any atom is -0.352 e. The molecule has 236 valence electrons. The van der Waals surface area contributed by atoms with Gasteiger partial charge in [0.05, 0.1) is 20.6 Å². The third-order valence-electron chi connectivity index (χ3n) is 7.56. The molecule has 2 amide bonds. The summed E-state index contributed by atoms with van der Waals surface area (Å²) >= 11 is 12.9. The van der Waals surface area contributed by atoms with E-state index in [0.717, 1.165) is 21.0 Å². The van der Waals surface area contributed by atoms with Crippen LogP contribution in [0, 0.1) is 6.92 Å². The molecule has 2 atom stereocenters. The van der Waals surface area contributed by atoms with E-state index in [2.05, 4.69) is 5.32 Å². The van der Waals surface area contributed by atoms with Crippen LogP contribution in [0.15, 0.2) is 108 Å². The number of rotatable bonds is 13. The number of hydrogen-bond donors (Lipinski definition) is 1. The highest BCUT2D eigenvalue weighted by Crippen LogP contribution is 2.35. The molecule has 1 N–H and O–H groups in total. The van der Waals surface area contributed by atoms with Crippen LogP contribution >= 0.6 is 23.2 Å². The lowest BCUT2D eigenvalue weighted by molar-refractivity contribution is -0.140. The van der Waals surface area contributed by atoms with Crippen LogP contribution in [0.25, 0.3) is 0 Å². The fourth-order valence-corrected chi connectivity index (χ4v) is 6.70. The highest BCUT2D eigenvalue weighted by molar-refractivity contribution is 7.92. The van der Waals surface area contributed by atoms with Gasteiger partial charge < -0.3 is 10.2 Å². The van der Waals surface area contributed by atoms with Gasteiger partial charge in [-0.15, -0.1) is 0 Å². The second-order valence-electron chi connectivity index (χ2n) is 10.9. The maximum Gasteiger partial charge on any atom is 0.264 e. The van der Waals surface area contributed by atoms with Crippen LogP contribution in [-0.4, -0.2) is 43.8 Å². The summed E-state index contributed by atoms with van der Waals surface area (Å²) in [6.07, 6.45) is 0.927. The summed E-state index contributed by atoms with van der Waals surface area (Å²) in [7, 11) is -4.29. The molecule has 0 spiro atoms. The molecule has 0 saturated carbocycles. The first-order valence-corrected chi connectivity index (χ1v) is 16.9. The average Bonchev–Trinajstić information content (AvgIpc) is 3.04. The van der Waals surface area contributed by atoms with Gasteiger partial charge in [0.2, 0.25) is 11.8 Å². The Bertz CT molecular complexity index is 1700. The first-order valence-electron chi connectivity index (χ1n) is 14.7. The van der Waals surface area contributed by atoms with Gasteiger partial charge in [-0.1, -0.05) is 115 Å². The van der Waals surface area contributed by atoms with Gasteiger partial charge in [-0.05, 0) is 55.7 Å². The number of carbonyl (C=O) groups excluding carboxylic acids is 2. The molecular formula is C35H37Cl2N3O4S. The van der Waals surface area contributed by atoms with Gasteiger partial charge in [0.15, 0.2) is 0 Å². The average molecular weight is 667 g/mol. The summed E-state index contributed by atoms with van der Waals surface area (Å²) in [5, 5.41) is 3.17. The second kappa shape index (κ2) is 15.4. The Hall–Kier alpha value is -3.85. The zero-order valence-corrected chi connectivity index (χ0v) is 27.8. The molecule has 4 rings (SSSR count). The van der Waals surface area contributed by atoms with Crippen molar-refractivity contribution in [3.05, 3.63) is 130 Å². The topological polar surface area (TPSA) is 86.8 Å². The van der Waals surface area contributed by atoms with Crippen molar-refractivity contribution < 1.29 is 18.0 Å². The summed E-state index contributed by atoms with van der Waals surface area (Å²) in [5.41, 5.74) is 2.75. The maximum absolute atomic E-state index is 14.5. The van der Waals surface area contributed by atoms with Gasteiger partial charge >= 0.3 is 0 Å². The molecule has 4 aromatic rings. The van der Waals surface area contributed by atoms with Gasteiger partial charge in [-0.25, -0.2) is 8.42 Å². The molecule has 0 heterocycles. The molecule has 0 radical (unpaired) electrons. The van der Waals surface area contributed by atoms with Gasteiger partial charge in [0.25, 0.3) is 10.0 Å². The highest BCUT2D eigenvalue weighted by Gasteiger charge is 2.35.